The second-order valence-corrected chi connectivity index (χ2v) is 14.8. The highest BCUT2D eigenvalue weighted by atomic mass is 16.5. The fraction of sp³-hybridized carbons (Fsp3) is 0.513. The number of nitrogens with one attached hydrogen (secondary N) is 1. The molecule has 7 heteroatoms. The van der Waals surface area contributed by atoms with E-state index in [1.807, 2.05) is 103 Å². The van der Waals surface area contributed by atoms with Crippen molar-refractivity contribution in [3.8, 4) is 11.1 Å². The summed E-state index contributed by atoms with van der Waals surface area (Å²) in [6.45, 7) is 15.7. The lowest BCUT2D eigenvalue weighted by atomic mass is 9.75. The maximum atomic E-state index is 13.6. The Morgan fingerprint density at radius 2 is 1.59 bits per heavy atom. The zero-order chi connectivity index (χ0) is 33.3. The fourth-order valence-electron chi connectivity index (χ4n) is 7.88. The van der Waals surface area contributed by atoms with Crippen molar-refractivity contribution in [2.45, 2.75) is 105 Å². The molecule has 46 heavy (non-hydrogen) atoms. The lowest BCUT2D eigenvalue weighted by Crippen LogP contribution is -2.51. The van der Waals surface area contributed by atoms with E-state index in [4.69, 9.17) is 9.72 Å². The summed E-state index contributed by atoms with van der Waals surface area (Å²) in [5.41, 5.74) is 4.40. The number of carboxylic acids is 1. The number of rotatable bonds is 9. The van der Waals surface area contributed by atoms with Gasteiger partial charge in [-0.2, -0.15) is 0 Å². The molecule has 1 atom stereocenters. The summed E-state index contributed by atoms with van der Waals surface area (Å²) in [5.74, 6) is -1.52. The zero-order valence-corrected chi connectivity index (χ0v) is 28.7. The molecule has 2 aliphatic rings. The van der Waals surface area contributed by atoms with E-state index in [1.54, 1.807) is 0 Å². The molecule has 2 aromatic carbocycles. The van der Waals surface area contributed by atoms with Gasteiger partial charge in [-0.05, 0) is 94.9 Å². The van der Waals surface area contributed by atoms with E-state index in [1.165, 1.54) is 32.1 Å². The Morgan fingerprint density at radius 1 is 0.957 bits per heavy atom. The van der Waals surface area contributed by atoms with Crippen LogP contribution in [0, 0.1) is 25.2 Å². The average Bonchev–Trinajstić information content (AvgIpc) is 3.45. The third-order valence-electron chi connectivity index (χ3n) is 9.88. The number of pyridine rings is 1. The second kappa shape index (κ2) is 13.2. The molecule has 246 valence electrons. The predicted octanol–water partition coefficient (Wildman–Crippen LogP) is 8.21. The number of hydrogen-bond acceptors (Lipinski definition) is 5. The molecule has 1 spiro atoms. The van der Waals surface area contributed by atoms with Crippen molar-refractivity contribution in [2.75, 3.05) is 18.0 Å². The van der Waals surface area contributed by atoms with Crippen molar-refractivity contribution >= 4 is 17.6 Å². The molecule has 3 aromatic rings. The summed E-state index contributed by atoms with van der Waals surface area (Å²) >= 11 is 0. The van der Waals surface area contributed by atoms with Gasteiger partial charge in [-0.25, -0.2) is 4.79 Å². The third kappa shape index (κ3) is 6.71. The van der Waals surface area contributed by atoms with Gasteiger partial charge in [0.15, 0.2) is 5.60 Å². The first-order valence-corrected chi connectivity index (χ1v) is 16.9. The maximum absolute atomic E-state index is 13.6. The predicted molar refractivity (Wildman–Crippen MR) is 184 cm³/mol. The van der Waals surface area contributed by atoms with Crippen LogP contribution in [0.3, 0.4) is 0 Å². The van der Waals surface area contributed by atoms with Crippen LogP contribution in [0.2, 0.25) is 0 Å². The van der Waals surface area contributed by atoms with Crippen LogP contribution >= 0.6 is 0 Å². The topological polar surface area (TPSA) is 91.8 Å². The number of benzene rings is 2. The molecule has 1 saturated carbocycles. The molecule has 2 heterocycles. The Labute approximate surface area is 274 Å². The second-order valence-electron chi connectivity index (χ2n) is 14.8. The molecule has 0 radical (unpaired) electrons. The first-order valence-electron chi connectivity index (χ1n) is 16.9. The van der Waals surface area contributed by atoms with Crippen molar-refractivity contribution in [1.82, 2.24) is 10.3 Å². The van der Waals surface area contributed by atoms with Gasteiger partial charge in [-0.3, -0.25) is 9.78 Å². The summed E-state index contributed by atoms with van der Waals surface area (Å²) in [5, 5.41) is 14.1. The number of aliphatic carboxylic acids is 1. The van der Waals surface area contributed by atoms with Crippen LogP contribution in [0.5, 0.6) is 0 Å². The molecule has 1 aromatic heterocycles. The Bertz CT molecular complexity index is 1550. The SMILES string of the molecule is Cc1nc(C)c(C(OC(C)(C)C)(C(=O)O)C(C)C)c(N2CCCC3(CCCC3)C2)c1-c1ccc(C(=O)NCc2ccccc2)cc1. The Kier molecular flexibility index (Phi) is 9.65. The molecule has 7 nitrogen and oxygen atoms in total. The summed E-state index contributed by atoms with van der Waals surface area (Å²) in [6.07, 6.45) is 7.16. The lowest BCUT2D eigenvalue weighted by Gasteiger charge is -2.47. The Hall–Kier alpha value is -3.71. The third-order valence-corrected chi connectivity index (χ3v) is 9.88. The highest BCUT2D eigenvalue weighted by Crippen LogP contribution is 2.52. The van der Waals surface area contributed by atoms with Crippen LogP contribution < -0.4 is 10.2 Å². The number of ether oxygens (including phenoxy) is 1. The minimum Gasteiger partial charge on any atom is -0.479 e. The number of hydrogen-bond donors (Lipinski definition) is 2. The van der Waals surface area contributed by atoms with Crippen molar-refractivity contribution in [3.05, 3.63) is 82.7 Å². The van der Waals surface area contributed by atoms with Crippen LogP contribution in [-0.4, -0.2) is 40.7 Å². The summed E-state index contributed by atoms with van der Waals surface area (Å²) in [6, 6.07) is 17.5. The molecule has 1 amide bonds. The Morgan fingerprint density at radius 3 is 2.17 bits per heavy atom. The number of carboxylic acid groups (broad SMARTS) is 1. The van der Waals surface area contributed by atoms with E-state index in [0.717, 1.165) is 47.6 Å². The standard InChI is InChI=1S/C39H51N3O4/c1-26(2)39(36(44)45,46-37(5,6)7)33-28(4)41-27(3)32(34(33)42-23-13-22-38(25-42)20-11-12-21-38)30-16-18-31(19-17-30)35(43)40-24-29-14-9-8-10-15-29/h8-10,14-19,26H,11-13,20-25H2,1-7H3,(H,40,43)(H,44,45). The first-order chi connectivity index (χ1) is 21.8. The summed E-state index contributed by atoms with van der Waals surface area (Å²) in [7, 11) is 0. The largest absolute Gasteiger partial charge is 0.479 e. The van der Waals surface area contributed by atoms with E-state index in [-0.39, 0.29) is 17.2 Å². The van der Waals surface area contributed by atoms with Crippen LogP contribution in [0.25, 0.3) is 11.1 Å². The number of aryl methyl sites for hydroxylation is 2. The van der Waals surface area contributed by atoms with E-state index in [2.05, 4.69) is 10.2 Å². The van der Waals surface area contributed by atoms with E-state index in [0.29, 0.717) is 23.4 Å². The van der Waals surface area contributed by atoms with Gasteiger partial charge in [0, 0.05) is 47.7 Å². The van der Waals surface area contributed by atoms with Crippen molar-refractivity contribution < 1.29 is 19.4 Å². The van der Waals surface area contributed by atoms with Crippen LogP contribution in [0.15, 0.2) is 54.6 Å². The van der Waals surface area contributed by atoms with Gasteiger partial charge in [0.25, 0.3) is 5.91 Å². The maximum Gasteiger partial charge on any atom is 0.341 e. The molecule has 1 saturated heterocycles. The molecular weight excluding hydrogens is 574 g/mol. The fourth-order valence-corrected chi connectivity index (χ4v) is 7.88. The van der Waals surface area contributed by atoms with Gasteiger partial charge in [0.1, 0.15) is 0 Å². The van der Waals surface area contributed by atoms with Crippen molar-refractivity contribution in [1.29, 1.82) is 0 Å². The molecule has 2 fully saturated rings. The van der Waals surface area contributed by atoms with Crippen LogP contribution in [0.4, 0.5) is 5.69 Å². The number of aromatic nitrogens is 1. The number of anilines is 1. The van der Waals surface area contributed by atoms with Crippen LogP contribution in [-0.2, 0) is 21.7 Å². The normalized spacial score (nSPS) is 17.7. The number of amides is 1. The van der Waals surface area contributed by atoms with Gasteiger partial charge >= 0.3 is 5.97 Å². The van der Waals surface area contributed by atoms with E-state index < -0.39 is 17.2 Å². The molecule has 2 N–H and O–H groups in total. The number of carbonyl (C=O) groups is 2. The number of piperidine rings is 1. The summed E-state index contributed by atoms with van der Waals surface area (Å²) in [4.78, 5) is 34.1. The average molecular weight is 626 g/mol. The zero-order valence-electron chi connectivity index (χ0n) is 28.7. The highest BCUT2D eigenvalue weighted by molar-refractivity contribution is 5.95. The van der Waals surface area contributed by atoms with Gasteiger partial charge in [-0.1, -0.05) is 69.2 Å². The molecule has 1 aliphatic heterocycles. The summed E-state index contributed by atoms with van der Waals surface area (Å²) < 4.78 is 6.69. The van der Waals surface area contributed by atoms with Crippen molar-refractivity contribution in [3.63, 3.8) is 0 Å². The molecule has 1 unspecified atom stereocenters. The minimum atomic E-state index is -1.62. The smallest absolute Gasteiger partial charge is 0.341 e. The quantitative estimate of drug-likeness (QED) is 0.249. The van der Waals surface area contributed by atoms with Gasteiger partial charge in [0.2, 0.25) is 0 Å². The number of carbonyl (C=O) groups excluding carboxylic acids is 1. The van der Waals surface area contributed by atoms with Gasteiger partial charge in [-0.15, -0.1) is 0 Å². The first kappa shape index (κ1) is 33.6. The Balaban J connectivity index is 1.66. The lowest BCUT2D eigenvalue weighted by molar-refractivity contribution is -0.199. The molecular formula is C39H51N3O4. The van der Waals surface area contributed by atoms with E-state index >= 15 is 0 Å². The minimum absolute atomic E-state index is 0.141. The highest BCUT2D eigenvalue weighted by Gasteiger charge is 2.52. The number of nitrogens with zero attached hydrogens (tertiary/aromatic N) is 2. The van der Waals surface area contributed by atoms with E-state index in [9.17, 15) is 14.7 Å². The van der Waals surface area contributed by atoms with Crippen LogP contribution in [0.1, 0.15) is 106 Å². The monoisotopic (exact) mass is 625 g/mol. The molecule has 1 aliphatic carbocycles. The molecule has 0 bridgehead atoms. The molecule has 5 rings (SSSR count). The van der Waals surface area contributed by atoms with Gasteiger partial charge < -0.3 is 20.1 Å². The van der Waals surface area contributed by atoms with Gasteiger partial charge in [0.05, 0.1) is 11.3 Å². The van der Waals surface area contributed by atoms with Crippen molar-refractivity contribution in [2.24, 2.45) is 11.3 Å².